The van der Waals surface area contributed by atoms with Gasteiger partial charge >= 0.3 is 0 Å². The topological polar surface area (TPSA) is 29.0 Å². The van der Waals surface area contributed by atoms with Gasteiger partial charge in [0, 0.05) is 25.0 Å². The van der Waals surface area contributed by atoms with Crippen molar-refractivity contribution in [1.29, 1.82) is 0 Å². The Labute approximate surface area is 109 Å². The molecule has 0 fully saturated rings. The van der Waals surface area contributed by atoms with Crippen molar-refractivity contribution >= 4 is 17.4 Å². The van der Waals surface area contributed by atoms with E-state index in [1.54, 1.807) is 12.4 Å². The minimum atomic E-state index is 0.478. The van der Waals surface area contributed by atoms with Crippen LogP contribution in [-0.4, -0.2) is 22.6 Å². The van der Waals surface area contributed by atoms with E-state index in [1.165, 1.54) is 0 Å². The molecule has 0 amide bonds. The molecule has 0 N–H and O–H groups in total. The Morgan fingerprint density at radius 3 is 2.24 bits per heavy atom. The molecular weight excluding hydrogens is 234 g/mol. The highest BCUT2D eigenvalue weighted by Crippen LogP contribution is 2.25. The van der Waals surface area contributed by atoms with E-state index in [4.69, 9.17) is 11.6 Å². The van der Waals surface area contributed by atoms with Crippen LogP contribution in [0.3, 0.4) is 0 Å². The Kier molecular flexibility index (Phi) is 5.69. The fourth-order valence-corrected chi connectivity index (χ4v) is 2.25. The molecule has 0 aliphatic heterocycles. The van der Waals surface area contributed by atoms with Gasteiger partial charge in [0.05, 0.1) is 0 Å². The van der Waals surface area contributed by atoms with Crippen LogP contribution in [-0.2, 0) is 0 Å². The van der Waals surface area contributed by atoms with E-state index in [9.17, 15) is 0 Å². The van der Waals surface area contributed by atoms with Gasteiger partial charge in [-0.15, -0.1) is 0 Å². The molecule has 0 aromatic carbocycles. The molecule has 1 aromatic heterocycles. The fraction of sp³-hybridized carbons (Fsp3) is 0.692. The predicted octanol–water partition coefficient (Wildman–Crippen LogP) is 3.78. The van der Waals surface area contributed by atoms with E-state index in [0.29, 0.717) is 17.1 Å². The molecule has 0 bridgehead atoms. The largest absolute Gasteiger partial charge is 0.351 e. The lowest BCUT2D eigenvalue weighted by atomic mass is 10.1. The molecule has 3 nitrogen and oxygen atoms in total. The molecule has 4 heteroatoms. The molecule has 0 aliphatic carbocycles. The fourth-order valence-electron chi connectivity index (χ4n) is 2.04. The molecule has 0 spiro atoms. The molecule has 1 aromatic rings. The minimum absolute atomic E-state index is 0.478. The van der Waals surface area contributed by atoms with Crippen LogP contribution in [0, 0.1) is 5.92 Å². The summed E-state index contributed by atoms with van der Waals surface area (Å²) in [6.07, 6.45) is 5.52. The van der Waals surface area contributed by atoms with E-state index in [2.05, 4.69) is 42.6 Å². The van der Waals surface area contributed by atoms with Gasteiger partial charge in [-0.05, 0) is 18.8 Å². The first-order valence-electron chi connectivity index (χ1n) is 6.33. The summed E-state index contributed by atoms with van der Waals surface area (Å²) in [5.74, 6) is 1.39. The van der Waals surface area contributed by atoms with Gasteiger partial charge in [0.15, 0.2) is 11.0 Å². The average Bonchev–Trinajstić information content (AvgIpc) is 2.29. The first-order valence-corrected chi connectivity index (χ1v) is 6.71. The van der Waals surface area contributed by atoms with Crippen LogP contribution in [0.2, 0.25) is 5.15 Å². The second-order valence-electron chi connectivity index (χ2n) is 4.69. The third kappa shape index (κ3) is 3.84. The molecular formula is C13H22ClN3. The molecule has 0 radical (unpaired) electrons. The summed E-state index contributed by atoms with van der Waals surface area (Å²) in [5, 5.41) is 0.500. The van der Waals surface area contributed by atoms with Crippen molar-refractivity contribution in [3.8, 4) is 0 Å². The summed E-state index contributed by atoms with van der Waals surface area (Å²) < 4.78 is 0. The van der Waals surface area contributed by atoms with E-state index < -0.39 is 0 Å². The molecule has 0 atom stereocenters. The summed E-state index contributed by atoms with van der Waals surface area (Å²) in [7, 11) is 0. The van der Waals surface area contributed by atoms with Crippen LogP contribution in [0.25, 0.3) is 0 Å². The minimum Gasteiger partial charge on any atom is -0.351 e. The van der Waals surface area contributed by atoms with Crippen molar-refractivity contribution < 1.29 is 0 Å². The van der Waals surface area contributed by atoms with Crippen LogP contribution in [0.1, 0.15) is 40.5 Å². The second kappa shape index (κ2) is 6.80. The number of hydrogen-bond acceptors (Lipinski definition) is 3. The average molecular weight is 256 g/mol. The van der Waals surface area contributed by atoms with Gasteiger partial charge in [0.25, 0.3) is 0 Å². The van der Waals surface area contributed by atoms with E-state index >= 15 is 0 Å². The summed E-state index contributed by atoms with van der Waals surface area (Å²) in [4.78, 5) is 10.8. The monoisotopic (exact) mass is 255 g/mol. The van der Waals surface area contributed by atoms with Crippen LogP contribution in [0.15, 0.2) is 12.4 Å². The number of rotatable bonds is 6. The highest BCUT2D eigenvalue weighted by Gasteiger charge is 2.20. The maximum absolute atomic E-state index is 6.15. The van der Waals surface area contributed by atoms with E-state index in [0.717, 1.165) is 25.2 Å². The van der Waals surface area contributed by atoms with Crippen LogP contribution in [0.5, 0.6) is 0 Å². The van der Waals surface area contributed by atoms with Crippen molar-refractivity contribution in [3.63, 3.8) is 0 Å². The number of anilines is 1. The maximum atomic E-state index is 6.15. The first-order chi connectivity index (χ1) is 8.10. The number of halogens is 1. The lowest BCUT2D eigenvalue weighted by Gasteiger charge is -2.33. The van der Waals surface area contributed by atoms with Gasteiger partial charge in [0.2, 0.25) is 0 Å². The van der Waals surface area contributed by atoms with Crippen LogP contribution in [0.4, 0.5) is 5.82 Å². The van der Waals surface area contributed by atoms with Crippen LogP contribution >= 0.6 is 11.6 Å². The lowest BCUT2D eigenvalue weighted by Crippen LogP contribution is -2.38. The maximum Gasteiger partial charge on any atom is 0.171 e. The molecule has 0 unspecified atom stereocenters. The van der Waals surface area contributed by atoms with Gasteiger partial charge in [0.1, 0.15) is 0 Å². The predicted molar refractivity (Wildman–Crippen MR) is 73.6 cm³/mol. The zero-order valence-corrected chi connectivity index (χ0v) is 11.9. The Bertz CT molecular complexity index is 337. The number of aromatic nitrogens is 2. The molecule has 0 saturated carbocycles. The zero-order valence-electron chi connectivity index (χ0n) is 11.2. The van der Waals surface area contributed by atoms with Gasteiger partial charge in [-0.3, -0.25) is 0 Å². The summed E-state index contributed by atoms with van der Waals surface area (Å²) in [6.45, 7) is 9.78. The molecule has 1 rings (SSSR count). The van der Waals surface area contributed by atoms with E-state index in [-0.39, 0.29) is 0 Å². The lowest BCUT2D eigenvalue weighted by molar-refractivity contribution is 0.503. The number of hydrogen-bond donors (Lipinski definition) is 0. The van der Waals surface area contributed by atoms with E-state index in [1.807, 2.05) is 0 Å². The highest BCUT2D eigenvalue weighted by molar-refractivity contribution is 6.31. The zero-order chi connectivity index (χ0) is 12.8. The SMILES string of the molecule is CCC(CC)N(CC(C)C)c1nccnc1Cl. The smallest absolute Gasteiger partial charge is 0.171 e. The normalized spacial score (nSPS) is 11.2. The summed E-state index contributed by atoms with van der Waals surface area (Å²) in [5.41, 5.74) is 0. The Morgan fingerprint density at radius 1 is 1.18 bits per heavy atom. The molecule has 17 heavy (non-hydrogen) atoms. The molecule has 0 saturated heterocycles. The summed E-state index contributed by atoms with van der Waals surface area (Å²) >= 11 is 6.15. The van der Waals surface area contributed by atoms with Gasteiger partial charge in [-0.25, -0.2) is 9.97 Å². The Morgan fingerprint density at radius 2 is 1.76 bits per heavy atom. The first kappa shape index (κ1) is 14.2. The van der Waals surface area contributed by atoms with Gasteiger partial charge in [-0.1, -0.05) is 39.3 Å². The van der Waals surface area contributed by atoms with Crippen molar-refractivity contribution in [2.45, 2.75) is 46.6 Å². The van der Waals surface area contributed by atoms with Crippen molar-refractivity contribution in [2.75, 3.05) is 11.4 Å². The van der Waals surface area contributed by atoms with Crippen LogP contribution < -0.4 is 4.90 Å². The highest BCUT2D eigenvalue weighted by atomic mass is 35.5. The molecule has 96 valence electrons. The summed E-state index contributed by atoms with van der Waals surface area (Å²) in [6, 6.07) is 0.478. The van der Waals surface area contributed by atoms with Gasteiger partial charge in [-0.2, -0.15) is 0 Å². The molecule has 0 aliphatic rings. The van der Waals surface area contributed by atoms with Crippen molar-refractivity contribution in [2.24, 2.45) is 5.92 Å². The third-order valence-electron chi connectivity index (χ3n) is 2.85. The Balaban J connectivity index is 3.01. The number of nitrogens with zero attached hydrogens (tertiary/aromatic N) is 3. The quantitative estimate of drug-likeness (QED) is 0.775. The van der Waals surface area contributed by atoms with Gasteiger partial charge < -0.3 is 4.90 Å². The Hall–Kier alpha value is -0.830. The third-order valence-corrected chi connectivity index (χ3v) is 3.12. The van der Waals surface area contributed by atoms with Crippen molar-refractivity contribution in [3.05, 3.63) is 17.5 Å². The van der Waals surface area contributed by atoms with Crippen molar-refractivity contribution in [1.82, 2.24) is 9.97 Å². The standard InChI is InChI=1S/C13H22ClN3/c1-5-11(6-2)17(9-10(3)4)13-12(14)15-7-8-16-13/h7-8,10-11H,5-6,9H2,1-4H3. The second-order valence-corrected chi connectivity index (χ2v) is 5.05. The molecule has 1 heterocycles.